The molecule has 1 rings (SSSR count). The maximum atomic E-state index is 12.8. The molecule has 0 radical (unpaired) electrons. The second-order valence-electron chi connectivity index (χ2n) is 5.99. The van der Waals surface area contributed by atoms with E-state index in [0.717, 1.165) is 0 Å². The average molecular weight is 434 g/mol. The zero-order valence-corrected chi connectivity index (χ0v) is 16.7. The Balaban J connectivity index is 3.33. The number of aliphatic hydroxyl groups excluding tert-OH is 1. The topological polar surface area (TPSA) is 99.5 Å². The molecule has 25 heavy (non-hydrogen) atoms. The average Bonchev–Trinajstić information content (AvgIpc) is 2.54. The van der Waals surface area contributed by atoms with Gasteiger partial charge >= 0.3 is 5.97 Å². The van der Waals surface area contributed by atoms with Gasteiger partial charge in [-0.3, -0.25) is 4.79 Å². The summed E-state index contributed by atoms with van der Waals surface area (Å²) < 4.78 is 0.518. The van der Waals surface area contributed by atoms with Gasteiger partial charge in [-0.1, -0.05) is 32.4 Å². The molecule has 6 nitrogen and oxygen atoms in total. The number of ketones is 1. The van der Waals surface area contributed by atoms with Crippen molar-refractivity contribution in [2.45, 2.75) is 39.7 Å². The summed E-state index contributed by atoms with van der Waals surface area (Å²) in [6, 6.07) is 1.10. The molecule has 138 valence electrons. The number of halogens is 2. The maximum Gasteiger partial charge on any atom is 0.341 e. The zero-order valence-electron chi connectivity index (χ0n) is 14.3. The molecular weight excluding hydrogens is 412 g/mol. The lowest BCUT2D eigenvalue weighted by atomic mass is 9.99. The van der Waals surface area contributed by atoms with Gasteiger partial charge in [-0.15, -0.1) is 0 Å². The molecule has 0 unspecified atom stereocenters. The largest absolute Gasteiger partial charge is 0.477 e. The van der Waals surface area contributed by atoms with Gasteiger partial charge in [0.05, 0.1) is 12.2 Å². The lowest BCUT2D eigenvalue weighted by Crippen LogP contribution is -2.35. The first-order valence-electron chi connectivity index (χ1n) is 7.90. The fourth-order valence-electron chi connectivity index (χ4n) is 2.43. The number of carbonyl (C=O) groups excluding carboxylic acids is 1. The molecule has 1 heterocycles. The summed E-state index contributed by atoms with van der Waals surface area (Å²) in [7, 11) is 0. The van der Waals surface area contributed by atoms with Crippen molar-refractivity contribution in [2.75, 3.05) is 6.61 Å². The third kappa shape index (κ3) is 6.09. The number of nitrogens with zero attached hydrogens (tertiary/aromatic N) is 1. The zero-order chi connectivity index (χ0) is 19.1. The maximum absolute atomic E-state index is 12.8. The molecule has 0 saturated heterocycles. The number of aromatic nitrogens is 1. The van der Waals surface area contributed by atoms with Crippen LogP contribution in [0.3, 0.4) is 0 Å². The van der Waals surface area contributed by atoms with Crippen LogP contribution in [-0.2, 0) is 4.79 Å². The number of aliphatic carboxylic acids is 1. The van der Waals surface area contributed by atoms with E-state index in [2.05, 4.69) is 26.2 Å². The predicted octanol–water partition coefficient (Wildman–Crippen LogP) is 3.43. The van der Waals surface area contributed by atoms with E-state index >= 15 is 0 Å². The predicted molar refractivity (Wildman–Crippen MR) is 99.7 cm³/mol. The number of carbonyl (C=O) groups is 2. The van der Waals surface area contributed by atoms with Crippen LogP contribution in [0.5, 0.6) is 0 Å². The van der Waals surface area contributed by atoms with Gasteiger partial charge < -0.3 is 15.5 Å². The Morgan fingerprint density at radius 1 is 1.40 bits per heavy atom. The molecule has 1 atom stereocenters. The molecule has 0 aliphatic rings. The molecule has 0 amide bonds. The number of Topliss-reactive ketones (excluding diaryl/α,β-unsaturated/α-hetero) is 1. The monoisotopic (exact) mass is 432 g/mol. The Kier molecular flexibility index (Phi) is 8.55. The van der Waals surface area contributed by atoms with E-state index in [4.69, 9.17) is 11.6 Å². The summed E-state index contributed by atoms with van der Waals surface area (Å²) >= 11 is 9.16. The molecule has 8 heteroatoms. The van der Waals surface area contributed by atoms with Crippen molar-refractivity contribution in [3.63, 3.8) is 0 Å². The van der Waals surface area contributed by atoms with E-state index in [1.165, 1.54) is 12.3 Å². The van der Waals surface area contributed by atoms with Gasteiger partial charge in [0.15, 0.2) is 0 Å². The fourth-order valence-corrected chi connectivity index (χ4v) is 2.95. The highest BCUT2D eigenvalue weighted by atomic mass is 79.9. The Morgan fingerprint density at radius 3 is 2.52 bits per heavy atom. The van der Waals surface area contributed by atoms with E-state index in [-0.39, 0.29) is 29.1 Å². The van der Waals surface area contributed by atoms with Crippen molar-refractivity contribution < 1.29 is 19.8 Å². The van der Waals surface area contributed by atoms with Crippen molar-refractivity contribution in [2.24, 2.45) is 5.92 Å². The van der Waals surface area contributed by atoms with Crippen molar-refractivity contribution in [1.82, 2.24) is 10.3 Å². The summed E-state index contributed by atoms with van der Waals surface area (Å²) in [6.45, 7) is 5.57. The minimum absolute atomic E-state index is 0.00518. The first-order chi connectivity index (χ1) is 11.7. The summed E-state index contributed by atoms with van der Waals surface area (Å²) in [5.74, 6) is -1.78. The van der Waals surface area contributed by atoms with Crippen molar-refractivity contribution in [3.05, 3.63) is 38.7 Å². The highest BCUT2D eigenvalue weighted by Gasteiger charge is 2.27. The van der Waals surface area contributed by atoms with E-state index in [1.807, 2.05) is 13.8 Å². The summed E-state index contributed by atoms with van der Waals surface area (Å²) in [6.07, 6.45) is 2.36. The SMILES string of the molecule is CC/C(N[C@H](CO)CC(C)C)=C(/C(=O)O)C(=O)c1cc(Br)cnc1Cl. The minimum Gasteiger partial charge on any atom is -0.477 e. The van der Waals surface area contributed by atoms with Crippen LogP contribution in [0, 0.1) is 5.92 Å². The number of pyridine rings is 1. The number of allylic oxidation sites excluding steroid dienone is 1. The number of rotatable bonds is 9. The van der Waals surface area contributed by atoms with Gasteiger partial charge in [0, 0.05) is 22.4 Å². The van der Waals surface area contributed by atoms with Crippen LogP contribution in [0.2, 0.25) is 5.15 Å². The third-order valence-electron chi connectivity index (χ3n) is 3.50. The van der Waals surface area contributed by atoms with Crippen LogP contribution in [-0.4, -0.2) is 39.6 Å². The van der Waals surface area contributed by atoms with E-state index in [9.17, 15) is 19.8 Å². The normalized spacial score (nSPS) is 13.4. The van der Waals surface area contributed by atoms with E-state index in [0.29, 0.717) is 23.2 Å². The summed E-state index contributed by atoms with van der Waals surface area (Å²) in [5.41, 5.74) is -0.134. The molecule has 0 fully saturated rings. The van der Waals surface area contributed by atoms with Gasteiger partial charge in [0.2, 0.25) is 5.78 Å². The molecule has 3 N–H and O–H groups in total. The van der Waals surface area contributed by atoms with Crippen molar-refractivity contribution >= 4 is 39.3 Å². The smallest absolute Gasteiger partial charge is 0.341 e. The Bertz CT molecular complexity index is 677. The number of carboxylic acids is 1. The molecule has 0 aliphatic carbocycles. The molecule has 1 aromatic rings. The van der Waals surface area contributed by atoms with Gasteiger partial charge in [0.25, 0.3) is 0 Å². The highest BCUT2D eigenvalue weighted by molar-refractivity contribution is 9.10. The van der Waals surface area contributed by atoms with E-state index < -0.39 is 17.3 Å². The Labute approximate surface area is 160 Å². The second kappa shape index (κ2) is 9.89. The van der Waals surface area contributed by atoms with Crippen molar-refractivity contribution in [3.8, 4) is 0 Å². The molecule has 1 aromatic heterocycles. The standard InChI is InChI=1S/C17H22BrClN2O4/c1-4-13(21-11(8-22)5-9(2)3)14(17(24)25)15(23)12-6-10(18)7-20-16(12)19/h6-7,9,11,21-22H,4-5,8H2,1-3H3,(H,24,25)/b14-13-/t11-/m0/s1. The molecule has 0 saturated carbocycles. The van der Waals surface area contributed by atoms with Crippen LogP contribution in [0.4, 0.5) is 0 Å². The number of hydrogen-bond acceptors (Lipinski definition) is 5. The minimum atomic E-state index is -1.35. The molecular formula is C17H22BrClN2O4. The molecule has 0 aromatic carbocycles. The van der Waals surface area contributed by atoms with Gasteiger partial charge in [0.1, 0.15) is 10.7 Å². The number of nitrogens with one attached hydrogen (secondary N) is 1. The van der Waals surface area contributed by atoms with Crippen LogP contribution in [0.15, 0.2) is 28.0 Å². The first-order valence-corrected chi connectivity index (χ1v) is 9.07. The lowest BCUT2D eigenvalue weighted by Gasteiger charge is -2.22. The lowest BCUT2D eigenvalue weighted by molar-refractivity contribution is -0.132. The quantitative estimate of drug-likeness (QED) is 0.181. The van der Waals surface area contributed by atoms with Crippen LogP contribution in [0.25, 0.3) is 0 Å². The number of aliphatic hydroxyl groups is 1. The van der Waals surface area contributed by atoms with E-state index in [1.54, 1.807) is 6.92 Å². The molecule has 0 bridgehead atoms. The van der Waals surface area contributed by atoms with Gasteiger partial charge in [-0.25, -0.2) is 9.78 Å². The van der Waals surface area contributed by atoms with Crippen LogP contribution in [0.1, 0.15) is 44.0 Å². The number of hydrogen-bond donors (Lipinski definition) is 3. The third-order valence-corrected chi connectivity index (χ3v) is 4.24. The summed E-state index contributed by atoms with van der Waals surface area (Å²) in [5, 5.41) is 22.0. The van der Waals surface area contributed by atoms with Crippen molar-refractivity contribution in [1.29, 1.82) is 0 Å². The Hall–Kier alpha value is -1.44. The number of carboxylic acid groups (broad SMARTS) is 1. The van der Waals surface area contributed by atoms with Crippen LogP contribution < -0.4 is 5.32 Å². The van der Waals surface area contributed by atoms with Gasteiger partial charge in [-0.05, 0) is 40.8 Å². The first kappa shape index (κ1) is 21.6. The molecule has 0 spiro atoms. The summed E-state index contributed by atoms with van der Waals surface area (Å²) in [4.78, 5) is 28.4. The van der Waals surface area contributed by atoms with Gasteiger partial charge in [-0.2, -0.15) is 0 Å². The molecule has 0 aliphatic heterocycles. The van der Waals surface area contributed by atoms with Crippen LogP contribution >= 0.6 is 27.5 Å². The second-order valence-corrected chi connectivity index (χ2v) is 7.26. The highest BCUT2D eigenvalue weighted by Crippen LogP contribution is 2.23. The fraction of sp³-hybridized carbons (Fsp3) is 0.471. The Morgan fingerprint density at radius 2 is 2.04 bits per heavy atom.